The van der Waals surface area contributed by atoms with Crippen molar-refractivity contribution < 1.29 is 4.74 Å². The Morgan fingerprint density at radius 2 is 2.12 bits per heavy atom. The number of hydrogen-bond acceptors (Lipinski definition) is 4. The van der Waals surface area contributed by atoms with Crippen LogP contribution in [0.4, 0.5) is 0 Å². The van der Waals surface area contributed by atoms with E-state index in [0.717, 1.165) is 36.4 Å². The Morgan fingerprint density at radius 3 is 2.82 bits per heavy atom. The van der Waals surface area contributed by atoms with Gasteiger partial charge in [0, 0.05) is 6.54 Å². The van der Waals surface area contributed by atoms with Crippen LogP contribution in [0.25, 0.3) is 11.2 Å². The van der Waals surface area contributed by atoms with E-state index in [1.165, 1.54) is 6.33 Å². The first-order valence-corrected chi connectivity index (χ1v) is 6.08. The zero-order valence-corrected chi connectivity index (χ0v) is 10.6. The van der Waals surface area contributed by atoms with Gasteiger partial charge in [-0.05, 0) is 20.3 Å². The predicted octanol–water partition coefficient (Wildman–Crippen LogP) is 2.33. The van der Waals surface area contributed by atoms with Crippen molar-refractivity contribution in [2.75, 3.05) is 6.61 Å². The number of rotatable bonds is 5. The summed E-state index contributed by atoms with van der Waals surface area (Å²) in [6, 6.07) is 0. The van der Waals surface area contributed by atoms with Crippen molar-refractivity contribution in [2.24, 2.45) is 0 Å². The first-order valence-electron chi connectivity index (χ1n) is 6.08. The van der Waals surface area contributed by atoms with Gasteiger partial charge in [-0.25, -0.2) is 9.97 Å². The molecule has 5 nitrogen and oxygen atoms in total. The van der Waals surface area contributed by atoms with Crippen LogP contribution in [0.15, 0.2) is 6.33 Å². The zero-order valence-electron chi connectivity index (χ0n) is 10.6. The Hall–Kier alpha value is -1.65. The van der Waals surface area contributed by atoms with E-state index >= 15 is 0 Å². The molecule has 0 aromatic carbocycles. The Morgan fingerprint density at radius 1 is 1.29 bits per heavy atom. The molecule has 5 heteroatoms. The van der Waals surface area contributed by atoms with E-state index < -0.39 is 0 Å². The summed E-state index contributed by atoms with van der Waals surface area (Å²) in [4.78, 5) is 12.9. The first-order chi connectivity index (χ1) is 8.27. The topological polar surface area (TPSA) is 52.8 Å². The lowest BCUT2D eigenvalue weighted by Gasteiger charge is -2.05. The molecule has 0 amide bonds. The number of aryl methyl sites for hydroxylation is 2. The monoisotopic (exact) mass is 234 g/mol. The van der Waals surface area contributed by atoms with Gasteiger partial charge in [0.25, 0.3) is 0 Å². The lowest BCUT2D eigenvalue weighted by atomic mass is 10.3. The maximum atomic E-state index is 5.46. The third kappa shape index (κ3) is 2.23. The third-order valence-electron chi connectivity index (χ3n) is 2.71. The van der Waals surface area contributed by atoms with Crippen LogP contribution in [0.2, 0.25) is 0 Å². The number of unbranched alkanes of at least 4 members (excludes halogenated alkanes) is 1. The van der Waals surface area contributed by atoms with Gasteiger partial charge >= 0.3 is 0 Å². The number of nitrogens with zero attached hydrogens (tertiary/aromatic N) is 4. The zero-order chi connectivity index (χ0) is 12.3. The highest BCUT2D eigenvalue weighted by atomic mass is 16.5. The first kappa shape index (κ1) is 11.8. The van der Waals surface area contributed by atoms with E-state index in [4.69, 9.17) is 4.74 Å². The standard InChI is InChI=1S/C12H18N4O/c1-4-6-7-16-9(3)15-10-11(16)13-8-14-12(10)17-5-2/h8H,4-7H2,1-3H3. The van der Waals surface area contributed by atoms with Gasteiger partial charge in [0.05, 0.1) is 6.61 Å². The minimum absolute atomic E-state index is 0.579. The molecule has 0 unspecified atom stereocenters. The van der Waals surface area contributed by atoms with Crippen molar-refractivity contribution in [3.8, 4) is 5.88 Å². The van der Waals surface area contributed by atoms with E-state index in [1.54, 1.807) is 0 Å². The molecule has 0 aliphatic heterocycles. The molecule has 0 atom stereocenters. The van der Waals surface area contributed by atoms with E-state index in [1.807, 2.05) is 13.8 Å². The van der Waals surface area contributed by atoms with Gasteiger partial charge in [0.15, 0.2) is 11.2 Å². The van der Waals surface area contributed by atoms with Crippen molar-refractivity contribution in [3.05, 3.63) is 12.2 Å². The van der Waals surface area contributed by atoms with Gasteiger partial charge in [-0.2, -0.15) is 4.98 Å². The highest BCUT2D eigenvalue weighted by Crippen LogP contribution is 2.21. The molecule has 0 radical (unpaired) electrons. The molecule has 2 aromatic heterocycles. The Labute approximate surface area is 101 Å². The second kappa shape index (κ2) is 5.12. The van der Waals surface area contributed by atoms with Crippen LogP contribution >= 0.6 is 0 Å². The lowest BCUT2D eigenvalue weighted by molar-refractivity contribution is 0.330. The van der Waals surface area contributed by atoms with Crippen molar-refractivity contribution in [1.82, 2.24) is 19.5 Å². The molecular formula is C12H18N4O. The van der Waals surface area contributed by atoms with E-state index in [9.17, 15) is 0 Å². The average molecular weight is 234 g/mol. The quantitative estimate of drug-likeness (QED) is 0.796. The normalized spacial score (nSPS) is 11.0. The summed E-state index contributed by atoms with van der Waals surface area (Å²) in [5.74, 6) is 1.55. The van der Waals surface area contributed by atoms with Gasteiger partial charge in [-0.3, -0.25) is 0 Å². The van der Waals surface area contributed by atoms with Crippen LogP contribution in [0, 0.1) is 6.92 Å². The molecule has 0 fully saturated rings. The van der Waals surface area contributed by atoms with E-state index in [-0.39, 0.29) is 0 Å². The smallest absolute Gasteiger partial charge is 0.245 e. The maximum Gasteiger partial charge on any atom is 0.245 e. The van der Waals surface area contributed by atoms with Gasteiger partial charge in [-0.15, -0.1) is 0 Å². The molecule has 0 aliphatic rings. The SMILES string of the molecule is CCCCn1c(C)nc2c(OCC)ncnc21. The molecule has 2 heterocycles. The van der Waals surface area contributed by atoms with Gasteiger partial charge in [0.2, 0.25) is 5.88 Å². The van der Waals surface area contributed by atoms with Crippen molar-refractivity contribution in [2.45, 2.75) is 40.2 Å². The number of ether oxygens (including phenoxy) is 1. The summed E-state index contributed by atoms with van der Waals surface area (Å²) in [6.45, 7) is 7.64. The van der Waals surface area contributed by atoms with Crippen LogP contribution in [-0.4, -0.2) is 26.1 Å². The summed E-state index contributed by atoms with van der Waals surface area (Å²) in [5, 5.41) is 0. The van der Waals surface area contributed by atoms with Crippen molar-refractivity contribution in [3.63, 3.8) is 0 Å². The fourth-order valence-electron chi connectivity index (χ4n) is 1.85. The molecule has 17 heavy (non-hydrogen) atoms. The van der Waals surface area contributed by atoms with Crippen molar-refractivity contribution >= 4 is 11.2 Å². The number of aromatic nitrogens is 4. The molecule has 0 spiro atoms. The fourth-order valence-corrected chi connectivity index (χ4v) is 1.85. The maximum absolute atomic E-state index is 5.46. The molecular weight excluding hydrogens is 216 g/mol. The summed E-state index contributed by atoms with van der Waals surface area (Å²) in [7, 11) is 0. The fraction of sp³-hybridized carbons (Fsp3) is 0.583. The summed E-state index contributed by atoms with van der Waals surface area (Å²) in [5.41, 5.74) is 1.64. The molecule has 2 aromatic rings. The van der Waals surface area contributed by atoms with Crippen LogP contribution in [0.3, 0.4) is 0 Å². The lowest BCUT2D eigenvalue weighted by Crippen LogP contribution is -2.02. The number of fused-ring (bicyclic) bond motifs is 1. The molecule has 0 aliphatic carbocycles. The second-order valence-corrected chi connectivity index (χ2v) is 3.95. The van der Waals surface area contributed by atoms with Crippen LogP contribution in [0.5, 0.6) is 5.88 Å². The van der Waals surface area contributed by atoms with Crippen molar-refractivity contribution in [1.29, 1.82) is 0 Å². The van der Waals surface area contributed by atoms with E-state index in [2.05, 4.69) is 26.4 Å². The third-order valence-corrected chi connectivity index (χ3v) is 2.71. The number of hydrogen-bond donors (Lipinski definition) is 0. The minimum Gasteiger partial charge on any atom is -0.476 e. The summed E-state index contributed by atoms with van der Waals surface area (Å²) >= 11 is 0. The van der Waals surface area contributed by atoms with Crippen LogP contribution in [-0.2, 0) is 6.54 Å². The largest absolute Gasteiger partial charge is 0.476 e. The van der Waals surface area contributed by atoms with Gasteiger partial charge < -0.3 is 9.30 Å². The molecule has 92 valence electrons. The van der Waals surface area contributed by atoms with Gasteiger partial charge in [0.1, 0.15) is 12.2 Å². The minimum atomic E-state index is 0.579. The highest BCUT2D eigenvalue weighted by Gasteiger charge is 2.13. The van der Waals surface area contributed by atoms with Crippen LogP contribution in [0.1, 0.15) is 32.5 Å². The molecule has 0 N–H and O–H groups in total. The Bertz CT molecular complexity index is 506. The second-order valence-electron chi connectivity index (χ2n) is 3.95. The molecule has 0 bridgehead atoms. The average Bonchev–Trinajstić information content (AvgIpc) is 2.64. The van der Waals surface area contributed by atoms with Crippen LogP contribution < -0.4 is 4.74 Å². The number of imidazole rings is 1. The Balaban J connectivity index is 2.47. The highest BCUT2D eigenvalue weighted by molar-refractivity contribution is 5.76. The Kier molecular flexibility index (Phi) is 3.56. The van der Waals surface area contributed by atoms with E-state index in [0.29, 0.717) is 12.5 Å². The summed E-state index contributed by atoms with van der Waals surface area (Å²) < 4.78 is 7.59. The predicted molar refractivity (Wildman–Crippen MR) is 66.1 cm³/mol. The molecule has 0 saturated carbocycles. The molecule has 0 saturated heterocycles. The summed E-state index contributed by atoms with van der Waals surface area (Å²) in [6.07, 6.45) is 3.82. The molecule has 2 rings (SSSR count). The van der Waals surface area contributed by atoms with Gasteiger partial charge in [-0.1, -0.05) is 13.3 Å².